The van der Waals surface area contributed by atoms with E-state index in [0.717, 1.165) is 42.5 Å². The fraction of sp³-hybridized carbons (Fsp3) is 0.364. The lowest BCUT2D eigenvalue weighted by Crippen LogP contribution is -2.38. The molecule has 7 heteroatoms. The highest BCUT2D eigenvalue weighted by atomic mass is 35.5. The number of carbonyl (C=O) groups excluding carboxylic acids is 1. The van der Waals surface area contributed by atoms with Gasteiger partial charge in [-0.2, -0.15) is 0 Å². The minimum absolute atomic E-state index is 0. The van der Waals surface area contributed by atoms with Gasteiger partial charge >= 0.3 is 0 Å². The number of aromatic nitrogens is 2. The van der Waals surface area contributed by atoms with Gasteiger partial charge in [0, 0.05) is 17.5 Å². The molecule has 3 aromatic rings. The first-order valence-corrected chi connectivity index (χ1v) is 9.91. The summed E-state index contributed by atoms with van der Waals surface area (Å²) in [5, 5.41) is 3.20. The van der Waals surface area contributed by atoms with Crippen LogP contribution in [0.3, 0.4) is 0 Å². The highest BCUT2D eigenvalue weighted by Gasteiger charge is 2.27. The number of ether oxygens (including phenoxy) is 2. The van der Waals surface area contributed by atoms with E-state index in [-0.39, 0.29) is 24.4 Å². The summed E-state index contributed by atoms with van der Waals surface area (Å²) in [6, 6.07) is 13.6. The molecule has 1 saturated carbocycles. The van der Waals surface area contributed by atoms with Gasteiger partial charge in [0.2, 0.25) is 0 Å². The molecule has 0 bridgehead atoms. The van der Waals surface area contributed by atoms with Crippen LogP contribution >= 0.6 is 12.4 Å². The number of fused-ring (bicyclic) bond motifs is 2. The molecule has 2 atom stereocenters. The number of H-pyrrole nitrogens is 1. The van der Waals surface area contributed by atoms with E-state index in [1.54, 1.807) is 12.1 Å². The minimum Gasteiger partial charge on any atom is -0.486 e. The number of para-hydroxylation sites is 2. The summed E-state index contributed by atoms with van der Waals surface area (Å²) in [5.41, 5.74) is 2.68. The predicted molar refractivity (Wildman–Crippen MR) is 113 cm³/mol. The molecule has 0 saturated heterocycles. The molecule has 6 nitrogen and oxygen atoms in total. The van der Waals surface area contributed by atoms with Gasteiger partial charge in [0.05, 0.1) is 11.0 Å². The first kappa shape index (κ1) is 19.6. The van der Waals surface area contributed by atoms with E-state index in [4.69, 9.17) is 14.5 Å². The van der Waals surface area contributed by atoms with Crippen molar-refractivity contribution in [3.8, 4) is 11.5 Å². The number of hydrogen-bond acceptors (Lipinski definition) is 4. The average Bonchev–Trinajstić information content (AvgIpc) is 3.18. The van der Waals surface area contributed by atoms with E-state index in [1.165, 1.54) is 0 Å². The van der Waals surface area contributed by atoms with Gasteiger partial charge in [-0.1, -0.05) is 18.6 Å². The second kappa shape index (κ2) is 8.33. The molecule has 1 aliphatic heterocycles. The van der Waals surface area contributed by atoms with E-state index in [2.05, 4.69) is 16.4 Å². The van der Waals surface area contributed by atoms with E-state index in [0.29, 0.717) is 36.2 Å². The summed E-state index contributed by atoms with van der Waals surface area (Å²) in [7, 11) is 0. The molecule has 1 aromatic heterocycles. The molecule has 1 amide bonds. The molecule has 2 aliphatic rings. The Morgan fingerprint density at radius 3 is 2.76 bits per heavy atom. The monoisotopic (exact) mass is 413 g/mol. The number of hydrogen-bond donors (Lipinski definition) is 2. The Kier molecular flexibility index (Phi) is 5.62. The number of imidazole rings is 1. The highest BCUT2D eigenvalue weighted by Crippen LogP contribution is 2.33. The third-order valence-corrected chi connectivity index (χ3v) is 5.61. The normalized spacial score (nSPS) is 20.7. The molecule has 1 aliphatic carbocycles. The van der Waals surface area contributed by atoms with E-state index in [1.807, 2.05) is 24.3 Å². The molecule has 5 rings (SSSR count). The number of rotatable bonds is 3. The van der Waals surface area contributed by atoms with Crippen LogP contribution in [0.4, 0.5) is 0 Å². The van der Waals surface area contributed by atoms with E-state index in [9.17, 15) is 4.79 Å². The van der Waals surface area contributed by atoms with Crippen molar-refractivity contribution in [2.24, 2.45) is 0 Å². The number of nitrogens with one attached hydrogen (secondary N) is 2. The fourth-order valence-corrected chi connectivity index (χ4v) is 4.19. The Labute approximate surface area is 175 Å². The molecular formula is C22H24ClN3O3. The topological polar surface area (TPSA) is 76.2 Å². The third kappa shape index (κ3) is 4.03. The van der Waals surface area contributed by atoms with Gasteiger partial charge in [-0.25, -0.2) is 4.98 Å². The van der Waals surface area contributed by atoms with Crippen LogP contribution in [-0.4, -0.2) is 35.1 Å². The van der Waals surface area contributed by atoms with Crippen LogP contribution in [0, 0.1) is 0 Å². The van der Waals surface area contributed by atoms with Crippen LogP contribution in [0.2, 0.25) is 0 Å². The van der Waals surface area contributed by atoms with Gasteiger partial charge in [-0.05, 0) is 49.6 Å². The predicted octanol–water partition coefficient (Wildman–Crippen LogP) is 4.21. The SMILES string of the molecule is Cl.O=C(N[C@H]1CCC[C@@H](c2nc3ccccc3[nH]2)C1)c1ccc2c(c1)OCCO2. The second-order valence-electron chi connectivity index (χ2n) is 7.53. The van der Waals surface area contributed by atoms with Crippen LogP contribution in [0.15, 0.2) is 42.5 Å². The quantitative estimate of drug-likeness (QED) is 0.674. The van der Waals surface area contributed by atoms with Gasteiger partial charge < -0.3 is 19.8 Å². The van der Waals surface area contributed by atoms with Crippen molar-refractivity contribution in [1.82, 2.24) is 15.3 Å². The zero-order chi connectivity index (χ0) is 18.9. The maximum absolute atomic E-state index is 12.8. The number of carbonyl (C=O) groups is 1. The third-order valence-electron chi connectivity index (χ3n) is 5.61. The van der Waals surface area contributed by atoms with Crippen molar-refractivity contribution in [3.05, 3.63) is 53.9 Å². The Morgan fingerprint density at radius 1 is 1.07 bits per heavy atom. The molecule has 0 spiro atoms. The van der Waals surface area contributed by atoms with Gasteiger partial charge in [0.25, 0.3) is 5.91 Å². The lowest BCUT2D eigenvalue weighted by Gasteiger charge is -2.29. The van der Waals surface area contributed by atoms with Gasteiger partial charge in [0.1, 0.15) is 19.0 Å². The molecule has 0 radical (unpaired) electrons. The standard InChI is InChI=1S/C22H23N3O3.ClH/c26-22(15-8-9-19-20(13-15)28-11-10-27-19)23-16-5-3-4-14(12-16)21-24-17-6-1-2-7-18(17)25-21;/h1-2,6-9,13-14,16H,3-5,10-12H2,(H,23,26)(H,24,25);1H/t14-,16+;/m1./s1. The summed E-state index contributed by atoms with van der Waals surface area (Å²) in [6.07, 6.45) is 4.06. The smallest absolute Gasteiger partial charge is 0.251 e. The summed E-state index contributed by atoms with van der Waals surface area (Å²) in [5.74, 6) is 2.64. The number of amides is 1. The fourth-order valence-electron chi connectivity index (χ4n) is 4.19. The first-order valence-electron chi connectivity index (χ1n) is 9.91. The maximum atomic E-state index is 12.8. The summed E-state index contributed by atoms with van der Waals surface area (Å²) in [4.78, 5) is 21.0. The van der Waals surface area contributed by atoms with Crippen LogP contribution in [-0.2, 0) is 0 Å². The minimum atomic E-state index is -0.0628. The lowest BCUT2D eigenvalue weighted by atomic mass is 9.85. The zero-order valence-corrected chi connectivity index (χ0v) is 16.8. The van der Waals surface area contributed by atoms with Crippen molar-refractivity contribution in [2.75, 3.05) is 13.2 Å². The van der Waals surface area contributed by atoms with Crippen LogP contribution in [0.25, 0.3) is 11.0 Å². The van der Waals surface area contributed by atoms with Crippen molar-refractivity contribution < 1.29 is 14.3 Å². The van der Waals surface area contributed by atoms with Crippen molar-refractivity contribution >= 4 is 29.3 Å². The van der Waals surface area contributed by atoms with Crippen molar-refractivity contribution in [2.45, 2.75) is 37.6 Å². The molecule has 29 heavy (non-hydrogen) atoms. The highest BCUT2D eigenvalue weighted by molar-refractivity contribution is 5.95. The molecule has 1 fully saturated rings. The Hall–Kier alpha value is -2.73. The van der Waals surface area contributed by atoms with Crippen LogP contribution in [0.1, 0.15) is 47.8 Å². The molecule has 2 heterocycles. The summed E-state index contributed by atoms with van der Waals surface area (Å²) < 4.78 is 11.1. The molecular weight excluding hydrogens is 390 g/mol. The molecule has 2 N–H and O–H groups in total. The van der Waals surface area contributed by atoms with E-state index < -0.39 is 0 Å². The second-order valence-corrected chi connectivity index (χ2v) is 7.53. The van der Waals surface area contributed by atoms with Gasteiger partial charge in [-0.3, -0.25) is 4.79 Å². The van der Waals surface area contributed by atoms with Crippen molar-refractivity contribution in [3.63, 3.8) is 0 Å². The first-order chi connectivity index (χ1) is 13.8. The largest absolute Gasteiger partial charge is 0.486 e. The molecule has 152 valence electrons. The Morgan fingerprint density at radius 2 is 1.90 bits per heavy atom. The Balaban J connectivity index is 0.00000205. The Bertz CT molecular complexity index is 986. The van der Waals surface area contributed by atoms with E-state index >= 15 is 0 Å². The van der Waals surface area contributed by atoms with Crippen molar-refractivity contribution in [1.29, 1.82) is 0 Å². The number of benzene rings is 2. The van der Waals surface area contributed by atoms with Crippen LogP contribution < -0.4 is 14.8 Å². The van der Waals surface area contributed by atoms with Crippen LogP contribution in [0.5, 0.6) is 11.5 Å². The summed E-state index contributed by atoms with van der Waals surface area (Å²) >= 11 is 0. The number of aromatic amines is 1. The molecule has 2 aromatic carbocycles. The lowest BCUT2D eigenvalue weighted by molar-refractivity contribution is 0.0923. The number of nitrogens with zero attached hydrogens (tertiary/aromatic N) is 1. The maximum Gasteiger partial charge on any atom is 0.251 e. The summed E-state index contributed by atoms with van der Waals surface area (Å²) in [6.45, 7) is 1.06. The molecule has 0 unspecified atom stereocenters. The number of halogens is 1. The van der Waals surface area contributed by atoms with Gasteiger partial charge in [-0.15, -0.1) is 12.4 Å². The zero-order valence-electron chi connectivity index (χ0n) is 16.0. The van der Waals surface area contributed by atoms with Gasteiger partial charge in [0.15, 0.2) is 11.5 Å². The average molecular weight is 414 g/mol.